The molecule has 0 unspecified atom stereocenters. The summed E-state index contributed by atoms with van der Waals surface area (Å²) in [6.45, 7) is 18.2. The quantitative estimate of drug-likeness (QED) is 0.0417. The molecule has 88 heavy (non-hydrogen) atoms. The van der Waals surface area contributed by atoms with E-state index < -0.39 is 0 Å². The van der Waals surface area contributed by atoms with E-state index in [4.69, 9.17) is 29.4 Å². The Bertz CT molecular complexity index is 2300. The van der Waals surface area contributed by atoms with Crippen LogP contribution in [0.5, 0.6) is 23.0 Å². The second-order valence-electron chi connectivity index (χ2n) is 29.2. The highest BCUT2D eigenvalue weighted by atomic mass is 16.5. The summed E-state index contributed by atoms with van der Waals surface area (Å²) in [6, 6.07) is 9.17. The Labute approximate surface area is 541 Å². The van der Waals surface area contributed by atoms with Crippen LogP contribution in [0.2, 0.25) is 0 Å². The first-order valence-electron chi connectivity index (χ1n) is 38.5. The Morgan fingerprint density at radius 3 is 0.659 bits per heavy atom. The molecular formula is C82H132N4O2. The lowest BCUT2D eigenvalue weighted by molar-refractivity contribution is 0.256. The molecule has 4 fully saturated rings. The van der Waals surface area contributed by atoms with E-state index in [2.05, 4.69) is 79.7 Å². The molecule has 0 saturated heterocycles. The van der Waals surface area contributed by atoms with Crippen molar-refractivity contribution in [2.24, 2.45) is 47.3 Å². The van der Waals surface area contributed by atoms with Gasteiger partial charge >= 0.3 is 0 Å². The average molecular weight is 1210 g/mol. The topological polar surface area (TPSA) is 70.0 Å². The van der Waals surface area contributed by atoms with Crippen molar-refractivity contribution in [3.8, 4) is 23.0 Å². The highest BCUT2D eigenvalue weighted by molar-refractivity contribution is 5.38. The number of aromatic nitrogens is 4. The first kappa shape index (κ1) is 71.6. The van der Waals surface area contributed by atoms with Crippen molar-refractivity contribution in [2.75, 3.05) is 0 Å². The van der Waals surface area contributed by atoms with Crippen LogP contribution in [-0.4, -0.2) is 19.9 Å². The zero-order chi connectivity index (χ0) is 62.0. The van der Waals surface area contributed by atoms with Crippen LogP contribution in [0.1, 0.15) is 344 Å². The van der Waals surface area contributed by atoms with Gasteiger partial charge in [-0.1, -0.05) is 248 Å². The maximum Gasteiger partial charge on any atom is 0.146 e. The fourth-order valence-corrected chi connectivity index (χ4v) is 16.5. The lowest BCUT2D eigenvalue weighted by Gasteiger charge is -2.29. The molecule has 8 rings (SSSR count). The molecule has 4 aliphatic carbocycles. The molecule has 0 spiro atoms. The number of unbranched alkanes of at least 4 members (excludes halogenated alkanes) is 14. The van der Waals surface area contributed by atoms with Crippen molar-refractivity contribution < 1.29 is 9.47 Å². The number of hydrogen-bond donors (Lipinski definition) is 0. The minimum absolute atomic E-state index is 0.789. The minimum Gasteiger partial charge on any atom is -0.454 e. The highest BCUT2D eigenvalue weighted by Gasteiger charge is 2.27. The van der Waals surface area contributed by atoms with Crippen molar-refractivity contribution >= 4 is 0 Å². The minimum atomic E-state index is 0.789. The molecule has 4 aromatic heterocycles. The molecule has 0 atom stereocenters. The third-order valence-electron chi connectivity index (χ3n) is 22.2. The van der Waals surface area contributed by atoms with Crippen molar-refractivity contribution in [3.63, 3.8) is 0 Å². The molecule has 0 bridgehead atoms. The molecule has 6 heteroatoms. The van der Waals surface area contributed by atoms with Gasteiger partial charge in [0.25, 0.3) is 0 Å². The van der Waals surface area contributed by atoms with E-state index in [1.807, 2.05) is 24.8 Å². The highest BCUT2D eigenvalue weighted by Crippen LogP contribution is 2.40. The summed E-state index contributed by atoms with van der Waals surface area (Å²) >= 11 is 0. The number of rotatable bonds is 38. The van der Waals surface area contributed by atoms with E-state index in [9.17, 15) is 0 Å². The van der Waals surface area contributed by atoms with Crippen LogP contribution in [0.25, 0.3) is 0 Å². The summed E-state index contributed by atoms with van der Waals surface area (Å²) in [4.78, 5) is 19.5. The number of ether oxygens (including phenoxy) is 2. The molecule has 0 aromatic carbocycles. The van der Waals surface area contributed by atoms with Crippen LogP contribution in [-0.2, 0) is 51.4 Å². The van der Waals surface area contributed by atoms with Gasteiger partial charge < -0.3 is 9.47 Å². The van der Waals surface area contributed by atoms with E-state index in [0.29, 0.717) is 0 Å². The first-order chi connectivity index (χ1) is 43.2. The molecule has 0 radical (unpaired) electrons. The van der Waals surface area contributed by atoms with Gasteiger partial charge in [-0.05, 0) is 197 Å². The van der Waals surface area contributed by atoms with Gasteiger partial charge in [-0.2, -0.15) is 0 Å². The molecule has 0 aliphatic heterocycles. The summed E-state index contributed by atoms with van der Waals surface area (Å²) in [7, 11) is 0. The van der Waals surface area contributed by atoms with Crippen LogP contribution in [0, 0.1) is 47.3 Å². The van der Waals surface area contributed by atoms with E-state index in [1.54, 1.807) is 0 Å². The molecule has 4 aliphatic rings. The SMILES string of the molecule is CCCCCCC1CCC(Cc2cc(Oc3cnc(CC)c(CC4CCC(CCCCCC)CC4)c3)cnc2CC)CC1.CCCCCCCC1CCC(Cc2cc(Oc3cnc(CC)c(CC4CCC(CCCCCCC)CC4)c3)cnc2CC)CC1. The van der Waals surface area contributed by atoms with Crippen molar-refractivity contribution in [1.82, 2.24) is 19.9 Å². The number of nitrogens with zero attached hydrogens (tertiary/aromatic N) is 4. The second kappa shape index (κ2) is 41.6. The predicted octanol–water partition coefficient (Wildman–Crippen LogP) is 24.8. The maximum atomic E-state index is 6.49. The van der Waals surface area contributed by atoms with Gasteiger partial charge in [0, 0.05) is 22.8 Å². The van der Waals surface area contributed by atoms with Gasteiger partial charge in [0.1, 0.15) is 23.0 Å². The fourth-order valence-electron chi connectivity index (χ4n) is 16.5. The van der Waals surface area contributed by atoms with Crippen LogP contribution in [0.15, 0.2) is 49.1 Å². The fraction of sp³-hybridized carbons (Fsp3) is 0.756. The largest absolute Gasteiger partial charge is 0.454 e. The normalized spacial score (nSPS) is 22.3. The van der Waals surface area contributed by atoms with Crippen LogP contribution in [0.3, 0.4) is 0 Å². The average Bonchev–Trinajstić information content (AvgIpc) is 3.71. The monoisotopic (exact) mass is 1210 g/mol. The van der Waals surface area contributed by atoms with E-state index >= 15 is 0 Å². The van der Waals surface area contributed by atoms with Crippen LogP contribution < -0.4 is 9.47 Å². The zero-order valence-corrected chi connectivity index (χ0v) is 58.4. The van der Waals surface area contributed by atoms with Crippen molar-refractivity contribution in [2.45, 2.75) is 351 Å². The summed E-state index contributed by atoms with van der Waals surface area (Å²) in [5, 5.41) is 0. The maximum absolute atomic E-state index is 6.49. The van der Waals surface area contributed by atoms with Crippen LogP contribution in [0.4, 0.5) is 0 Å². The molecule has 0 amide bonds. The molecule has 6 nitrogen and oxygen atoms in total. The first-order valence-corrected chi connectivity index (χ1v) is 38.5. The van der Waals surface area contributed by atoms with Crippen molar-refractivity contribution in [1.29, 1.82) is 0 Å². The standard InChI is InChI=1S/C42H68N2O.C40H64N2O/c1-5-9-11-13-15-17-33-19-23-35(24-20-33)27-37-29-39(31-43-41(37)7-3)45-40-30-38(42(8-4)44-32-40)28-36-25-21-34(22-26-36)18-16-14-12-10-6-2;1-5-9-11-13-15-31-17-21-33(22-18-31)25-35-27-37(29-41-39(35)7-3)43-38-28-36(40(8-4)42-30-38)26-34-23-19-32(20-24-34)16-14-12-10-6-2/h29-36H,5-28H2,1-4H3;27-34H,5-26H2,1-4H3. The number of pyridine rings is 4. The van der Waals surface area contributed by atoms with Gasteiger partial charge in [0.05, 0.1) is 24.8 Å². The van der Waals surface area contributed by atoms with E-state index in [-0.39, 0.29) is 0 Å². The predicted molar refractivity (Wildman–Crippen MR) is 375 cm³/mol. The number of hydrogen-bond acceptors (Lipinski definition) is 6. The number of aryl methyl sites for hydroxylation is 4. The smallest absolute Gasteiger partial charge is 0.146 e. The van der Waals surface area contributed by atoms with Gasteiger partial charge in [0.15, 0.2) is 0 Å². The van der Waals surface area contributed by atoms with E-state index in [1.165, 1.54) is 289 Å². The summed E-state index contributed by atoms with van der Waals surface area (Å²) < 4.78 is 13.0. The van der Waals surface area contributed by atoms with Crippen molar-refractivity contribution in [3.05, 3.63) is 94.1 Å². The molecule has 4 heterocycles. The van der Waals surface area contributed by atoms with Gasteiger partial charge in [-0.25, -0.2) is 0 Å². The Balaban J connectivity index is 0.000000251. The molecule has 492 valence electrons. The van der Waals surface area contributed by atoms with E-state index in [0.717, 1.165) is 122 Å². The van der Waals surface area contributed by atoms with Gasteiger partial charge in [-0.3, -0.25) is 19.9 Å². The molecule has 0 N–H and O–H groups in total. The Morgan fingerprint density at radius 2 is 0.455 bits per heavy atom. The lowest BCUT2D eigenvalue weighted by atomic mass is 9.77. The lowest BCUT2D eigenvalue weighted by Crippen LogP contribution is -2.17. The Morgan fingerprint density at radius 1 is 0.261 bits per heavy atom. The Hall–Kier alpha value is -3.80. The molecule has 4 saturated carbocycles. The van der Waals surface area contributed by atoms with Crippen LogP contribution >= 0.6 is 0 Å². The third kappa shape index (κ3) is 25.4. The zero-order valence-electron chi connectivity index (χ0n) is 58.4. The van der Waals surface area contributed by atoms with Gasteiger partial charge in [-0.15, -0.1) is 0 Å². The summed E-state index contributed by atoms with van der Waals surface area (Å²) in [6.07, 6.45) is 69.7. The van der Waals surface area contributed by atoms with Gasteiger partial charge in [0.2, 0.25) is 0 Å². The summed E-state index contributed by atoms with van der Waals surface area (Å²) in [5.74, 6) is 10.5. The third-order valence-corrected chi connectivity index (χ3v) is 22.2. The summed E-state index contributed by atoms with van der Waals surface area (Å²) in [5.41, 5.74) is 10.6. The Kier molecular flexibility index (Phi) is 33.9. The molecule has 4 aromatic rings. The second-order valence-corrected chi connectivity index (χ2v) is 29.2. The molecular weight excluding hydrogens is 1070 g/mol.